The number of piperazine rings is 1. The molecule has 1 aliphatic heterocycles. The lowest BCUT2D eigenvalue weighted by atomic mass is 9.92. The highest BCUT2D eigenvalue weighted by molar-refractivity contribution is 7.89. The first-order valence-electron chi connectivity index (χ1n) is 9.77. The van der Waals surface area contributed by atoms with E-state index in [1.807, 2.05) is 42.5 Å². The van der Waals surface area contributed by atoms with Crippen LogP contribution >= 0.6 is 0 Å². The predicted octanol–water partition coefficient (Wildman–Crippen LogP) is 3.10. The van der Waals surface area contributed by atoms with Crippen molar-refractivity contribution in [2.75, 3.05) is 31.5 Å². The zero-order chi connectivity index (χ0) is 19.6. The standard InChI is InChI=1S/C21H25N3O3S/c25-21(22-19-8-2-1-3-9-19)23-12-14-24(15-13-23)28(26,27)20-11-10-17-6-4-5-7-18(17)16-20/h1-3,8-11,16H,4-7,12-15H2,(H,22,25). The molecule has 0 radical (unpaired) electrons. The summed E-state index contributed by atoms with van der Waals surface area (Å²) < 4.78 is 27.6. The molecule has 0 bridgehead atoms. The number of urea groups is 1. The molecule has 2 aliphatic rings. The molecule has 0 spiro atoms. The Morgan fingerprint density at radius 1 is 0.857 bits per heavy atom. The van der Waals surface area contributed by atoms with Crippen LogP contribution in [0.5, 0.6) is 0 Å². The van der Waals surface area contributed by atoms with Gasteiger partial charge in [0.25, 0.3) is 0 Å². The number of anilines is 1. The lowest BCUT2D eigenvalue weighted by Crippen LogP contribution is -2.51. The number of aryl methyl sites for hydroxylation is 2. The molecular formula is C21H25N3O3S. The van der Waals surface area contributed by atoms with E-state index in [9.17, 15) is 13.2 Å². The van der Waals surface area contributed by atoms with E-state index >= 15 is 0 Å². The van der Waals surface area contributed by atoms with Crippen LogP contribution < -0.4 is 5.32 Å². The molecule has 2 aromatic rings. The molecular weight excluding hydrogens is 374 g/mol. The third kappa shape index (κ3) is 3.91. The Morgan fingerprint density at radius 2 is 1.54 bits per heavy atom. The second-order valence-corrected chi connectivity index (χ2v) is 9.26. The van der Waals surface area contributed by atoms with Crippen molar-refractivity contribution >= 4 is 21.7 Å². The number of hydrogen-bond acceptors (Lipinski definition) is 3. The van der Waals surface area contributed by atoms with Gasteiger partial charge in [-0.3, -0.25) is 0 Å². The number of carbonyl (C=O) groups is 1. The molecule has 0 aromatic heterocycles. The van der Waals surface area contributed by atoms with Crippen LogP contribution in [0.25, 0.3) is 0 Å². The van der Waals surface area contributed by atoms with Crippen molar-refractivity contribution in [2.24, 2.45) is 0 Å². The van der Waals surface area contributed by atoms with Gasteiger partial charge in [-0.05, 0) is 61.1 Å². The Balaban J connectivity index is 1.41. The van der Waals surface area contributed by atoms with Gasteiger partial charge in [-0.15, -0.1) is 0 Å². The maximum Gasteiger partial charge on any atom is 0.321 e. The molecule has 2 aromatic carbocycles. The van der Waals surface area contributed by atoms with E-state index in [0.29, 0.717) is 31.1 Å². The van der Waals surface area contributed by atoms with Gasteiger partial charge >= 0.3 is 6.03 Å². The SMILES string of the molecule is O=C(Nc1ccccc1)N1CCN(S(=O)(=O)c2ccc3c(c2)CCCC3)CC1. The van der Waals surface area contributed by atoms with Crippen LogP contribution in [0.2, 0.25) is 0 Å². The van der Waals surface area contributed by atoms with Crippen LogP contribution in [0.4, 0.5) is 10.5 Å². The fourth-order valence-corrected chi connectivity index (χ4v) is 5.35. The Bertz CT molecular complexity index is 952. The van der Waals surface area contributed by atoms with Crippen LogP contribution in [0.1, 0.15) is 24.0 Å². The van der Waals surface area contributed by atoms with E-state index in [4.69, 9.17) is 0 Å². The molecule has 1 aliphatic carbocycles. The molecule has 28 heavy (non-hydrogen) atoms. The number of fused-ring (bicyclic) bond motifs is 1. The molecule has 0 atom stereocenters. The van der Waals surface area contributed by atoms with Crippen molar-refractivity contribution in [3.8, 4) is 0 Å². The molecule has 1 saturated heterocycles. The van der Waals surface area contributed by atoms with Crippen LogP contribution in [0.3, 0.4) is 0 Å². The average molecular weight is 400 g/mol. The third-order valence-electron chi connectivity index (χ3n) is 5.51. The summed E-state index contributed by atoms with van der Waals surface area (Å²) in [5, 5.41) is 2.85. The number of nitrogens with zero attached hydrogens (tertiary/aromatic N) is 2. The second kappa shape index (κ2) is 7.93. The number of sulfonamides is 1. The summed E-state index contributed by atoms with van der Waals surface area (Å²) >= 11 is 0. The van der Waals surface area contributed by atoms with Gasteiger partial charge in [-0.2, -0.15) is 4.31 Å². The minimum Gasteiger partial charge on any atom is -0.322 e. The van der Waals surface area contributed by atoms with Crippen molar-refractivity contribution in [3.63, 3.8) is 0 Å². The number of amides is 2. The molecule has 2 amide bonds. The Kier molecular flexibility index (Phi) is 5.37. The van der Waals surface area contributed by atoms with E-state index in [1.54, 1.807) is 11.0 Å². The Morgan fingerprint density at radius 3 is 2.25 bits per heavy atom. The maximum absolute atomic E-state index is 13.0. The Hall–Kier alpha value is -2.38. The van der Waals surface area contributed by atoms with Gasteiger partial charge in [0.2, 0.25) is 10.0 Å². The average Bonchev–Trinajstić information content (AvgIpc) is 2.74. The van der Waals surface area contributed by atoms with Crippen molar-refractivity contribution in [2.45, 2.75) is 30.6 Å². The summed E-state index contributed by atoms with van der Waals surface area (Å²) in [5.74, 6) is 0. The minimum absolute atomic E-state index is 0.197. The van der Waals surface area contributed by atoms with E-state index in [2.05, 4.69) is 5.32 Å². The lowest BCUT2D eigenvalue weighted by molar-refractivity contribution is 0.184. The summed E-state index contributed by atoms with van der Waals surface area (Å²) in [5.41, 5.74) is 3.16. The fraction of sp³-hybridized carbons (Fsp3) is 0.381. The topological polar surface area (TPSA) is 69.7 Å². The van der Waals surface area contributed by atoms with Crippen molar-refractivity contribution < 1.29 is 13.2 Å². The van der Waals surface area contributed by atoms with E-state index in [1.165, 1.54) is 16.3 Å². The molecule has 7 heteroatoms. The van der Waals surface area contributed by atoms with E-state index in [-0.39, 0.29) is 6.03 Å². The zero-order valence-electron chi connectivity index (χ0n) is 15.8. The van der Waals surface area contributed by atoms with Crippen LogP contribution in [-0.4, -0.2) is 49.8 Å². The van der Waals surface area contributed by atoms with Crippen LogP contribution in [0, 0.1) is 0 Å². The quantitative estimate of drug-likeness (QED) is 0.862. The molecule has 148 valence electrons. The largest absolute Gasteiger partial charge is 0.322 e. The third-order valence-corrected chi connectivity index (χ3v) is 7.40. The van der Waals surface area contributed by atoms with Crippen molar-refractivity contribution in [1.29, 1.82) is 0 Å². The van der Waals surface area contributed by atoms with Gasteiger partial charge in [-0.25, -0.2) is 13.2 Å². The second-order valence-electron chi connectivity index (χ2n) is 7.32. The number of nitrogens with one attached hydrogen (secondary N) is 1. The highest BCUT2D eigenvalue weighted by atomic mass is 32.2. The number of rotatable bonds is 3. The summed E-state index contributed by atoms with van der Waals surface area (Å²) in [6, 6.07) is 14.6. The zero-order valence-corrected chi connectivity index (χ0v) is 16.6. The van der Waals surface area contributed by atoms with Gasteiger partial charge in [0.15, 0.2) is 0 Å². The van der Waals surface area contributed by atoms with Gasteiger partial charge < -0.3 is 10.2 Å². The number of carbonyl (C=O) groups excluding carboxylic acids is 1. The first-order chi connectivity index (χ1) is 13.5. The summed E-state index contributed by atoms with van der Waals surface area (Å²) in [7, 11) is -3.53. The van der Waals surface area contributed by atoms with Gasteiger partial charge in [0.05, 0.1) is 4.90 Å². The smallest absolute Gasteiger partial charge is 0.321 e. The number of hydrogen-bond donors (Lipinski definition) is 1. The molecule has 0 unspecified atom stereocenters. The molecule has 1 heterocycles. The number of benzene rings is 2. The first-order valence-corrected chi connectivity index (χ1v) is 11.2. The molecule has 6 nitrogen and oxygen atoms in total. The molecule has 0 saturated carbocycles. The lowest BCUT2D eigenvalue weighted by Gasteiger charge is -2.34. The van der Waals surface area contributed by atoms with Gasteiger partial charge in [0.1, 0.15) is 0 Å². The van der Waals surface area contributed by atoms with Gasteiger partial charge in [-0.1, -0.05) is 24.3 Å². The van der Waals surface area contributed by atoms with Crippen molar-refractivity contribution in [1.82, 2.24) is 9.21 Å². The fourth-order valence-electron chi connectivity index (χ4n) is 3.87. The maximum atomic E-state index is 13.0. The minimum atomic E-state index is -3.53. The predicted molar refractivity (Wildman–Crippen MR) is 109 cm³/mol. The normalized spacial score (nSPS) is 17.8. The number of para-hydroxylation sites is 1. The molecule has 1 fully saturated rings. The van der Waals surface area contributed by atoms with Crippen LogP contribution in [0.15, 0.2) is 53.4 Å². The highest BCUT2D eigenvalue weighted by Gasteiger charge is 2.30. The van der Waals surface area contributed by atoms with E-state index in [0.717, 1.165) is 30.5 Å². The highest BCUT2D eigenvalue weighted by Crippen LogP contribution is 2.26. The Labute approximate surface area is 166 Å². The van der Waals surface area contributed by atoms with Gasteiger partial charge in [0, 0.05) is 31.9 Å². The summed E-state index contributed by atoms with van der Waals surface area (Å²) in [4.78, 5) is 14.4. The summed E-state index contributed by atoms with van der Waals surface area (Å²) in [6.07, 6.45) is 4.27. The van der Waals surface area contributed by atoms with Crippen LogP contribution in [-0.2, 0) is 22.9 Å². The molecule has 1 N–H and O–H groups in total. The monoisotopic (exact) mass is 399 g/mol. The summed E-state index contributed by atoms with van der Waals surface area (Å²) in [6.45, 7) is 1.37. The molecule has 4 rings (SSSR count). The van der Waals surface area contributed by atoms with Crippen molar-refractivity contribution in [3.05, 3.63) is 59.7 Å². The first kappa shape index (κ1) is 19.0. The van der Waals surface area contributed by atoms with E-state index < -0.39 is 10.0 Å².